The first-order valence-corrected chi connectivity index (χ1v) is 15.2. The lowest BCUT2D eigenvalue weighted by atomic mass is 9.95. The molecule has 1 aliphatic heterocycles. The largest absolute Gasteiger partial charge is 0.496 e. The van der Waals surface area contributed by atoms with Crippen molar-refractivity contribution in [3.63, 3.8) is 0 Å². The number of ether oxygens (including phenoxy) is 2. The number of carbonyl (C=O) groups is 1. The van der Waals surface area contributed by atoms with Gasteiger partial charge in [-0.2, -0.15) is 0 Å². The summed E-state index contributed by atoms with van der Waals surface area (Å²) in [5.74, 6) is -0.0821. The fraction of sp³-hybridized carbons (Fsp3) is 0.171. The number of aromatic nitrogens is 2. The van der Waals surface area contributed by atoms with E-state index in [1.807, 2.05) is 31.2 Å². The first-order chi connectivity index (χ1) is 21.2. The summed E-state index contributed by atoms with van der Waals surface area (Å²) in [7, 11) is 2.85. The average molecular weight is 624 g/mol. The van der Waals surface area contributed by atoms with Crippen molar-refractivity contribution >= 4 is 35.0 Å². The maximum atomic E-state index is 14.1. The lowest BCUT2D eigenvalue weighted by molar-refractivity contribution is -0.136. The Balaban J connectivity index is 1.47. The first kappa shape index (κ1) is 29.4. The highest BCUT2D eigenvalue weighted by Crippen LogP contribution is 2.37. The number of hydrogen-bond donors (Lipinski definition) is 0. The van der Waals surface area contributed by atoms with Crippen molar-refractivity contribution in [1.82, 2.24) is 9.13 Å². The van der Waals surface area contributed by atoms with Crippen LogP contribution in [0.3, 0.4) is 0 Å². The molecule has 0 radical (unpaired) electrons. The van der Waals surface area contributed by atoms with Gasteiger partial charge in [0, 0.05) is 27.7 Å². The number of rotatable bonds is 6. The number of fused-ring (bicyclic) bond motifs is 1. The molecule has 0 spiro atoms. The molecule has 0 unspecified atom stereocenters. The Labute approximate surface area is 263 Å². The molecular formula is C35H30ClN3O4S. The summed E-state index contributed by atoms with van der Waals surface area (Å²) in [6.07, 6.45) is 1.89. The Bertz CT molecular complexity index is 2120. The molecule has 0 aliphatic carbocycles. The third-order valence-electron chi connectivity index (χ3n) is 7.90. The number of allylic oxidation sites excluding steroid dienone is 1. The Morgan fingerprint density at radius 1 is 0.955 bits per heavy atom. The van der Waals surface area contributed by atoms with Crippen molar-refractivity contribution < 1.29 is 14.3 Å². The van der Waals surface area contributed by atoms with E-state index in [4.69, 9.17) is 21.1 Å². The van der Waals surface area contributed by atoms with Crippen LogP contribution < -0.4 is 19.6 Å². The lowest BCUT2D eigenvalue weighted by Gasteiger charge is -2.25. The van der Waals surface area contributed by atoms with Crippen molar-refractivity contribution in [2.24, 2.45) is 4.99 Å². The molecule has 7 nitrogen and oxygen atoms in total. The number of thiazole rings is 1. The van der Waals surface area contributed by atoms with E-state index in [1.165, 1.54) is 30.1 Å². The van der Waals surface area contributed by atoms with Gasteiger partial charge in [-0.1, -0.05) is 65.4 Å². The van der Waals surface area contributed by atoms with Crippen LogP contribution in [0.15, 0.2) is 99.9 Å². The molecule has 222 valence electrons. The fourth-order valence-electron chi connectivity index (χ4n) is 5.81. The van der Waals surface area contributed by atoms with Crippen LogP contribution in [0.2, 0.25) is 5.02 Å². The van der Waals surface area contributed by atoms with Gasteiger partial charge in [0.05, 0.1) is 30.0 Å². The number of carbonyl (C=O) groups excluding carboxylic acids is 1. The van der Waals surface area contributed by atoms with Crippen LogP contribution in [-0.4, -0.2) is 29.3 Å². The van der Waals surface area contributed by atoms with Crippen molar-refractivity contribution in [3.05, 3.63) is 137 Å². The number of aryl methyl sites for hydroxylation is 1. The molecule has 0 fully saturated rings. The van der Waals surface area contributed by atoms with Gasteiger partial charge in [-0.25, -0.2) is 9.79 Å². The van der Waals surface area contributed by atoms with E-state index in [-0.39, 0.29) is 11.1 Å². The maximum absolute atomic E-state index is 14.1. The molecule has 0 bridgehead atoms. The van der Waals surface area contributed by atoms with Gasteiger partial charge in [-0.05, 0) is 79.9 Å². The second kappa shape index (κ2) is 11.8. The number of nitrogens with zero attached hydrogens (tertiary/aromatic N) is 3. The van der Waals surface area contributed by atoms with Crippen LogP contribution in [0.1, 0.15) is 35.5 Å². The monoisotopic (exact) mass is 623 g/mol. The summed E-state index contributed by atoms with van der Waals surface area (Å²) in [5, 5.41) is 0.450. The minimum Gasteiger partial charge on any atom is -0.496 e. The SMILES string of the molecule is COC(=O)C1=C(C)N=c2s/c(=C\c3cc(C)n(-c4ccc(-c5ccccc5)cc4)c3C)c(=O)n2[C@@H]1c1cc(Cl)ccc1OC. The summed E-state index contributed by atoms with van der Waals surface area (Å²) in [4.78, 5) is 32.3. The molecule has 3 aromatic carbocycles. The van der Waals surface area contributed by atoms with Gasteiger partial charge >= 0.3 is 5.97 Å². The molecular weight excluding hydrogens is 594 g/mol. The van der Waals surface area contributed by atoms with Gasteiger partial charge in [0.1, 0.15) is 11.8 Å². The molecule has 0 saturated heterocycles. The van der Waals surface area contributed by atoms with E-state index in [0.717, 1.165) is 33.8 Å². The molecule has 5 aromatic rings. The second-order valence-corrected chi connectivity index (χ2v) is 12.0. The minimum absolute atomic E-state index is 0.254. The van der Waals surface area contributed by atoms with Crippen LogP contribution in [0.25, 0.3) is 22.9 Å². The summed E-state index contributed by atoms with van der Waals surface area (Å²) >= 11 is 7.67. The van der Waals surface area contributed by atoms with Crippen LogP contribution in [-0.2, 0) is 9.53 Å². The summed E-state index contributed by atoms with van der Waals surface area (Å²) < 4.78 is 15.0. The highest BCUT2D eigenvalue weighted by atomic mass is 35.5. The van der Waals surface area contributed by atoms with Crippen LogP contribution in [0, 0.1) is 13.8 Å². The number of benzene rings is 3. The van der Waals surface area contributed by atoms with E-state index in [9.17, 15) is 9.59 Å². The van der Waals surface area contributed by atoms with Crippen molar-refractivity contribution in [2.75, 3.05) is 14.2 Å². The Hall–Kier alpha value is -4.66. The van der Waals surface area contributed by atoms with Gasteiger partial charge < -0.3 is 14.0 Å². The zero-order valence-corrected chi connectivity index (χ0v) is 26.5. The van der Waals surface area contributed by atoms with Gasteiger partial charge in [-0.3, -0.25) is 9.36 Å². The molecule has 0 amide bonds. The topological polar surface area (TPSA) is 74.8 Å². The van der Waals surface area contributed by atoms with Gasteiger partial charge in [0.15, 0.2) is 4.80 Å². The smallest absolute Gasteiger partial charge is 0.338 e. The first-order valence-electron chi connectivity index (χ1n) is 14.0. The van der Waals surface area contributed by atoms with Gasteiger partial charge in [-0.15, -0.1) is 0 Å². The van der Waals surface area contributed by atoms with Crippen molar-refractivity contribution in [1.29, 1.82) is 0 Å². The van der Waals surface area contributed by atoms with E-state index in [2.05, 4.69) is 58.9 Å². The fourth-order valence-corrected chi connectivity index (χ4v) is 7.03. The van der Waals surface area contributed by atoms with Crippen LogP contribution in [0.4, 0.5) is 0 Å². The molecule has 44 heavy (non-hydrogen) atoms. The van der Waals surface area contributed by atoms with Crippen LogP contribution in [0.5, 0.6) is 5.75 Å². The predicted molar refractivity (Wildman–Crippen MR) is 174 cm³/mol. The number of halogens is 1. The molecule has 0 N–H and O–H groups in total. The third-order valence-corrected chi connectivity index (χ3v) is 9.12. The highest BCUT2D eigenvalue weighted by molar-refractivity contribution is 7.07. The molecule has 9 heteroatoms. The average Bonchev–Trinajstić information content (AvgIpc) is 3.49. The Morgan fingerprint density at radius 3 is 2.34 bits per heavy atom. The predicted octanol–water partition coefficient (Wildman–Crippen LogP) is 6.14. The highest BCUT2D eigenvalue weighted by Gasteiger charge is 2.35. The molecule has 1 aliphatic rings. The molecule has 1 atom stereocenters. The van der Waals surface area contributed by atoms with E-state index < -0.39 is 12.0 Å². The third kappa shape index (κ3) is 5.10. The van der Waals surface area contributed by atoms with E-state index >= 15 is 0 Å². The van der Waals surface area contributed by atoms with Crippen molar-refractivity contribution in [3.8, 4) is 22.6 Å². The molecule has 6 rings (SSSR count). The summed E-state index contributed by atoms with van der Waals surface area (Å²) in [6, 6.07) is 25.1. The molecule has 3 heterocycles. The second-order valence-electron chi connectivity index (χ2n) is 10.5. The number of hydrogen-bond acceptors (Lipinski definition) is 6. The normalized spacial score (nSPS) is 14.8. The Kier molecular flexibility index (Phi) is 7.88. The Morgan fingerprint density at radius 2 is 1.66 bits per heavy atom. The minimum atomic E-state index is -0.829. The molecule has 0 saturated carbocycles. The van der Waals surface area contributed by atoms with Crippen LogP contribution >= 0.6 is 22.9 Å². The van der Waals surface area contributed by atoms with Gasteiger partial charge in [0.25, 0.3) is 5.56 Å². The van der Waals surface area contributed by atoms with Gasteiger partial charge in [0.2, 0.25) is 0 Å². The van der Waals surface area contributed by atoms with E-state index in [1.54, 1.807) is 25.1 Å². The lowest BCUT2D eigenvalue weighted by Crippen LogP contribution is -2.40. The number of methoxy groups -OCH3 is 2. The maximum Gasteiger partial charge on any atom is 0.338 e. The zero-order valence-electron chi connectivity index (χ0n) is 24.9. The summed E-state index contributed by atoms with van der Waals surface area (Å²) in [5.41, 5.74) is 7.32. The van der Waals surface area contributed by atoms with E-state index in [0.29, 0.717) is 31.4 Å². The standard InChI is InChI=1S/C35H30ClN3O4S/c1-20-17-25(22(3)38(20)27-14-11-24(12-15-27)23-9-7-6-8-10-23)18-30-33(40)39-32(28-19-26(36)13-16-29(28)42-4)31(34(41)43-5)21(2)37-35(39)44-30/h6-19,32H,1-5H3/b30-18-/t32-/m1/s1. The zero-order chi connectivity index (χ0) is 31.1. The summed E-state index contributed by atoms with van der Waals surface area (Å²) in [6.45, 7) is 5.83. The molecule has 2 aromatic heterocycles. The van der Waals surface area contributed by atoms with Crippen molar-refractivity contribution in [2.45, 2.75) is 26.8 Å². The quantitative estimate of drug-likeness (QED) is 0.213. The number of esters is 1.